The number of thiazole rings is 1. The van der Waals surface area contributed by atoms with Gasteiger partial charge in [-0.1, -0.05) is 30.3 Å². The van der Waals surface area contributed by atoms with E-state index in [9.17, 15) is 9.59 Å². The third-order valence-electron chi connectivity index (χ3n) is 6.81. The number of amides is 2. The van der Waals surface area contributed by atoms with Gasteiger partial charge < -0.3 is 19.9 Å². The van der Waals surface area contributed by atoms with Crippen molar-refractivity contribution in [3.05, 3.63) is 101 Å². The monoisotopic (exact) mass is 525 g/mol. The Morgan fingerprint density at radius 1 is 0.974 bits per heavy atom. The summed E-state index contributed by atoms with van der Waals surface area (Å²) in [5.41, 5.74) is 5.28. The molecule has 2 aliphatic rings. The predicted molar refractivity (Wildman–Crippen MR) is 149 cm³/mol. The van der Waals surface area contributed by atoms with Crippen LogP contribution in [0.15, 0.2) is 84.4 Å². The van der Waals surface area contributed by atoms with Gasteiger partial charge in [-0.05, 0) is 53.6 Å². The first-order valence-electron chi connectivity index (χ1n) is 12.5. The highest BCUT2D eigenvalue weighted by Crippen LogP contribution is 2.34. The number of carbonyl (C=O) groups excluding carboxylic acids is 2. The van der Waals surface area contributed by atoms with Crippen molar-refractivity contribution < 1.29 is 14.3 Å². The minimum atomic E-state index is -0.774. The summed E-state index contributed by atoms with van der Waals surface area (Å²) in [6.45, 7) is 3.64. The van der Waals surface area contributed by atoms with Crippen LogP contribution in [0.1, 0.15) is 27.5 Å². The van der Waals surface area contributed by atoms with Crippen molar-refractivity contribution in [3.63, 3.8) is 0 Å². The molecule has 0 bridgehead atoms. The number of carbonyl (C=O) groups is 2. The molecule has 0 spiro atoms. The summed E-state index contributed by atoms with van der Waals surface area (Å²) < 4.78 is 5.45. The molecule has 2 amide bonds. The van der Waals surface area contributed by atoms with Crippen LogP contribution in [0.25, 0.3) is 0 Å². The van der Waals surface area contributed by atoms with E-state index in [0.717, 1.165) is 48.8 Å². The SMILES string of the molecule is O=C(Nc1nccs1)C(c1ccccc1)N1Cc2cc(Nc3ccc(N4CCOCC4)cc3)ccc2C1=O. The lowest BCUT2D eigenvalue weighted by Crippen LogP contribution is -2.37. The maximum absolute atomic E-state index is 13.5. The lowest BCUT2D eigenvalue weighted by Gasteiger charge is -2.29. The minimum absolute atomic E-state index is 0.162. The Morgan fingerprint density at radius 2 is 1.74 bits per heavy atom. The van der Waals surface area contributed by atoms with E-state index in [4.69, 9.17) is 4.74 Å². The third-order valence-corrected chi connectivity index (χ3v) is 7.50. The molecule has 6 rings (SSSR count). The fourth-order valence-corrected chi connectivity index (χ4v) is 5.47. The fraction of sp³-hybridized carbons (Fsp3) is 0.207. The number of nitrogens with zero attached hydrogens (tertiary/aromatic N) is 3. The number of nitrogens with one attached hydrogen (secondary N) is 2. The Labute approximate surface area is 224 Å². The summed E-state index contributed by atoms with van der Waals surface area (Å²) in [5.74, 6) is -0.449. The first-order chi connectivity index (χ1) is 18.7. The van der Waals surface area contributed by atoms with Crippen LogP contribution >= 0.6 is 11.3 Å². The van der Waals surface area contributed by atoms with Gasteiger partial charge in [-0.3, -0.25) is 14.9 Å². The van der Waals surface area contributed by atoms with E-state index in [1.165, 1.54) is 17.0 Å². The number of morpholine rings is 1. The molecule has 1 fully saturated rings. The third kappa shape index (κ3) is 4.98. The van der Waals surface area contributed by atoms with E-state index in [1.54, 1.807) is 16.5 Å². The number of aromatic nitrogens is 1. The van der Waals surface area contributed by atoms with Gasteiger partial charge in [0.05, 0.1) is 13.2 Å². The topological polar surface area (TPSA) is 86.8 Å². The summed E-state index contributed by atoms with van der Waals surface area (Å²) in [4.78, 5) is 35.0. The van der Waals surface area contributed by atoms with Crippen LogP contribution in [0.3, 0.4) is 0 Å². The highest BCUT2D eigenvalue weighted by molar-refractivity contribution is 7.13. The van der Waals surface area contributed by atoms with E-state index in [0.29, 0.717) is 17.2 Å². The number of rotatable bonds is 7. The molecule has 2 N–H and O–H groups in total. The van der Waals surface area contributed by atoms with Gasteiger partial charge in [-0.25, -0.2) is 4.98 Å². The van der Waals surface area contributed by atoms with Crippen LogP contribution in [0, 0.1) is 0 Å². The van der Waals surface area contributed by atoms with Crippen LogP contribution in [-0.4, -0.2) is 48.0 Å². The van der Waals surface area contributed by atoms with Gasteiger partial charge in [0, 0.05) is 53.8 Å². The molecule has 9 heteroatoms. The zero-order valence-corrected chi connectivity index (χ0v) is 21.5. The summed E-state index contributed by atoms with van der Waals surface area (Å²) >= 11 is 1.34. The lowest BCUT2D eigenvalue weighted by atomic mass is 10.0. The Kier molecular flexibility index (Phi) is 6.76. The van der Waals surface area contributed by atoms with Gasteiger partial charge in [0.1, 0.15) is 6.04 Å². The quantitative estimate of drug-likeness (QED) is 0.351. The van der Waals surface area contributed by atoms with Crippen molar-refractivity contribution in [2.24, 2.45) is 0 Å². The van der Waals surface area contributed by atoms with Crippen molar-refractivity contribution in [2.75, 3.05) is 41.8 Å². The Morgan fingerprint density at radius 3 is 2.47 bits per heavy atom. The standard InChI is InChI=1S/C29H27N5O3S/c35-27(32-29-30-12-17-38-29)26(20-4-2-1-3-5-20)34-19-21-18-23(8-11-25(21)28(34)36)31-22-6-9-24(10-7-22)33-13-15-37-16-14-33/h1-12,17-18,26,31H,13-16,19H2,(H,30,32,35). The molecule has 38 heavy (non-hydrogen) atoms. The molecule has 1 unspecified atom stereocenters. The highest BCUT2D eigenvalue weighted by Gasteiger charge is 2.37. The van der Waals surface area contributed by atoms with Crippen molar-refractivity contribution in [2.45, 2.75) is 12.6 Å². The van der Waals surface area contributed by atoms with Gasteiger partial charge in [0.2, 0.25) is 0 Å². The molecule has 8 nitrogen and oxygen atoms in total. The summed E-state index contributed by atoms with van der Waals surface area (Å²) in [6, 6.07) is 22.7. The second kappa shape index (κ2) is 10.6. The first kappa shape index (κ1) is 24.1. The number of anilines is 4. The van der Waals surface area contributed by atoms with Crippen LogP contribution in [0.4, 0.5) is 22.2 Å². The number of hydrogen-bond donors (Lipinski definition) is 2. The average molecular weight is 526 g/mol. The predicted octanol–water partition coefficient (Wildman–Crippen LogP) is 5.06. The number of fused-ring (bicyclic) bond motifs is 1. The van der Waals surface area contributed by atoms with Crippen LogP contribution < -0.4 is 15.5 Å². The van der Waals surface area contributed by atoms with Gasteiger partial charge in [-0.2, -0.15) is 0 Å². The normalized spacial score (nSPS) is 15.7. The molecule has 192 valence electrons. The molecule has 1 atom stereocenters. The van der Waals surface area contributed by atoms with Crippen molar-refractivity contribution in [1.82, 2.24) is 9.88 Å². The van der Waals surface area contributed by atoms with Crippen molar-refractivity contribution >= 4 is 45.3 Å². The van der Waals surface area contributed by atoms with Crippen molar-refractivity contribution in [3.8, 4) is 0 Å². The van der Waals surface area contributed by atoms with E-state index in [1.807, 2.05) is 48.5 Å². The van der Waals surface area contributed by atoms with Crippen molar-refractivity contribution in [1.29, 1.82) is 0 Å². The zero-order chi connectivity index (χ0) is 25.9. The minimum Gasteiger partial charge on any atom is -0.378 e. The van der Waals surface area contributed by atoms with E-state index in [2.05, 4.69) is 44.8 Å². The molecule has 3 aromatic carbocycles. The van der Waals surface area contributed by atoms with E-state index in [-0.39, 0.29) is 11.8 Å². The van der Waals surface area contributed by atoms with Gasteiger partial charge in [-0.15, -0.1) is 11.3 Å². The van der Waals surface area contributed by atoms with Gasteiger partial charge in [0.15, 0.2) is 5.13 Å². The van der Waals surface area contributed by atoms with Crippen LogP contribution in [0.2, 0.25) is 0 Å². The number of ether oxygens (including phenoxy) is 1. The van der Waals surface area contributed by atoms with E-state index < -0.39 is 6.04 Å². The maximum Gasteiger partial charge on any atom is 0.255 e. The van der Waals surface area contributed by atoms with E-state index >= 15 is 0 Å². The average Bonchev–Trinajstić information content (AvgIpc) is 3.58. The maximum atomic E-state index is 13.5. The molecular weight excluding hydrogens is 498 g/mol. The first-order valence-corrected chi connectivity index (χ1v) is 13.4. The molecule has 1 saturated heterocycles. The Hall–Kier alpha value is -4.21. The molecule has 0 saturated carbocycles. The second-order valence-corrected chi connectivity index (χ2v) is 10.1. The molecular formula is C29H27N5O3S. The zero-order valence-electron chi connectivity index (χ0n) is 20.7. The summed E-state index contributed by atoms with van der Waals surface area (Å²) in [5, 5.41) is 8.62. The van der Waals surface area contributed by atoms with Crippen LogP contribution in [-0.2, 0) is 16.1 Å². The molecule has 4 aromatic rings. The molecule has 0 aliphatic carbocycles. The molecule has 0 radical (unpaired) electrons. The lowest BCUT2D eigenvalue weighted by molar-refractivity contribution is -0.120. The molecule has 1 aromatic heterocycles. The van der Waals surface area contributed by atoms with Crippen LogP contribution in [0.5, 0.6) is 0 Å². The largest absolute Gasteiger partial charge is 0.378 e. The fourth-order valence-electron chi connectivity index (χ4n) is 4.94. The number of hydrogen-bond acceptors (Lipinski definition) is 7. The summed E-state index contributed by atoms with van der Waals surface area (Å²) in [7, 11) is 0. The summed E-state index contributed by atoms with van der Waals surface area (Å²) in [6.07, 6.45) is 1.64. The smallest absolute Gasteiger partial charge is 0.255 e. The second-order valence-electron chi connectivity index (χ2n) is 9.22. The van der Waals surface area contributed by atoms with Gasteiger partial charge >= 0.3 is 0 Å². The number of benzene rings is 3. The van der Waals surface area contributed by atoms with Gasteiger partial charge in [0.25, 0.3) is 11.8 Å². The Balaban J connectivity index is 1.20. The Bertz CT molecular complexity index is 1420. The molecule has 3 heterocycles. The molecule has 2 aliphatic heterocycles. The highest BCUT2D eigenvalue weighted by atomic mass is 32.1.